The van der Waals surface area contributed by atoms with E-state index in [4.69, 9.17) is 4.74 Å². The predicted octanol–water partition coefficient (Wildman–Crippen LogP) is 1.98. The van der Waals surface area contributed by atoms with Gasteiger partial charge < -0.3 is 14.5 Å². The van der Waals surface area contributed by atoms with Crippen LogP contribution in [-0.2, 0) is 11.2 Å². The first kappa shape index (κ1) is 18.4. The number of carbonyl (C=O) groups is 1. The number of pyridine rings is 1. The van der Waals surface area contributed by atoms with Gasteiger partial charge in [0.15, 0.2) is 0 Å². The Labute approximate surface area is 164 Å². The number of carbonyl (C=O) groups excluding carboxylic acids is 1. The fourth-order valence-electron chi connectivity index (χ4n) is 3.66. The molecule has 2 fully saturated rings. The summed E-state index contributed by atoms with van der Waals surface area (Å²) < 4.78 is 5.43. The second kappa shape index (κ2) is 8.82. The van der Waals surface area contributed by atoms with Gasteiger partial charge >= 0.3 is 0 Å². The van der Waals surface area contributed by atoms with Gasteiger partial charge in [-0.15, -0.1) is 11.3 Å². The number of hydrogen-bond acceptors (Lipinski definition) is 6. The maximum atomic E-state index is 13.1. The fourth-order valence-corrected chi connectivity index (χ4v) is 4.36. The lowest BCUT2D eigenvalue weighted by molar-refractivity contribution is 0.0638. The highest BCUT2D eigenvalue weighted by Gasteiger charge is 2.26. The maximum absolute atomic E-state index is 13.1. The first-order valence-electron chi connectivity index (χ1n) is 9.63. The summed E-state index contributed by atoms with van der Waals surface area (Å²) in [6, 6.07) is 8.06. The van der Waals surface area contributed by atoms with Crippen LogP contribution in [0, 0.1) is 0 Å². The van der Waals surface area contributed by atoms with E-state index < -0.39 is 0 Å². The summed E-state index contributed by atoms with van der Waals surface area (Å²) in [5.74, 6) is 0.897. The van der Waals surface area contributed by atoms with E-state index in [-0.39, 0.29) is 5.91 Å². The molecule has 2 aromatic rings. The largest absolute Gasteiger partial charge is 0.378 e. The van der Waals surface area contributed by atoms with Crippen LogP contribution in [0.2, 0.25) is 0 Å². The molecule has 7 heteroatoms. The number of rotatable bonds is 5. The lowest BCUT2D eigenvalue weighted by Crippen LogP contribution is -2.49. The van der Waals surface area contributed by atoms with E-state index in [1.54, 1.807) is 6.20 Å². The summed E-state index contributed by atoms with van der Waals surface area (Å²) >= 11 is 1.82. The number of aromatic nitrogens is 1. The molecule has 2 aliphatic heterocycles. The highest BCUT2D eigenvalue weighted by Crippen LogP contribution is 2.21. The smallest absolute Gasteiger partial charge is 0.257 e. The predicted molar refractivity (Wildman–Crippen MR) is 108 cm³/mol. The molecule has 0 N–H and O–H groups in total. The second-order valence-corrected chi connectivity index (χ2v) is 7.97. The van der Waals surface area contributed by atoms with Gasteiger partial charge in [-0.25, -0.2) is 4.98 Å². The Hall–Kier alpha value is -1.96. The third-order valence-corrected chi connectivity index (χ3v) is 6.18. The number of hydrogen-bond donors (Lipinski definition) is 0. The molecule has 27 heavy (non-hydrogen) atoms. The fraction of sp³-hybridized carbons (Fsp3) is 0.500. The molecular weight excluding hydrogens is 360 g/mol. The van der Waals surface area contributed by atoms with Gasteiger partial charge in [0.05, 0.1) is 18.8 Å². The zero-order chi connectivity index (χ0) is 18.5. The molecule has 4 heterocycles. The number of ether oxygens (including phenoxy) is 1. The normalized spacial score (nSPS) is 18.7. The van der Waals surface area contributed by atoms with Gasteiger partial charge in [-0.2, -0.15) is 0 Å². The van der Waals surface area contributed by atoms with E-state index in [0.717, 1.165) is 58.1 Å². The van der Waals surface area contributed by atoms with E-state index in [2.05, 4.69) is 32.3 Å². The Morgan fingerprint density at radius 1 is 1.07 bits per heavy atom. The van der Waals surface area contributed by atoms with Crippen molar-refractivity contribution < 1.29 is 9.53 Å². The second-order valence-electron chi connectivity index (χ2n) is 6.94. The van der Waals surface area contributed by atoms with Crippen LogP contribution in [-0.4, -0.2) is 79.7 Å². The molecule has 0 spiro atoms. The maximum Gasteiger partial charge on any atom is 0.257 e. The number of morpholine rings is 1. The minimum Gasteiger partial charge on any atom is -0.378 e. The van der Waals surface area contributed by atoms with Crippen LogP contribution in [0.3, 0.4) is 0 Å². The lowest BCUT2D eigenvalue weighted by Gasteiger charge is -2.35. The van der Waals surface area contributed by atoms with Crippen LogP contribution in [0.25, 0.3) is 0 Å². The van der Waals surface area contributed by atoms with Crippen molar-refractivity contribution in [2.24, 2.45) is 0 Å². The van der Waals surface area contributed by atoms with Gasteiger partial charge in [-0.3, -0.25) is 9.69 Å². The van der Waals surface area contributed by atoms with Crippen molar-refractivity contribution in [2.45, 2.75) is 6.42 Å². The molecule has 1 amide bonds. The minimum atomic E-state index is 0.0995. The molecule has 144 valence electrons. The molecule has 6 nitrogen and oxygen atoms in total. The highest BCUT2D eigenvalue weighted by atomic mass is 32.1. The van der Waals surface area contributed by atoms with Crippen LogP contribution >= 0.6 is 11.3 Å². The minimum absolute atomic E-state index is 0.0995. The lowest BCUT2D eigenvalue weighted by atomic mass is 10.1. The Bertz CT molecular complexity index is 738. The van der Waals surface area contributed by atoms with E-state index in [0.29, 0.717) is 18.8 Å². The van der Waals surface area contributed by atoms with Crippen LogP contribution < -0.4 is 4.90 Å². The van der Waals surface area contributed by atoms with Gasteiger partial charge in [0.1, 0.15) is 5.82 Å². The molecule has 0 aromatic carbocycles. The summed E-state index contributed by atoms with van der Waals surface area (Å²) in [6.45, 7) is 7.44. The highest BCUT2D eigenvalue weighted by molar-refractivity contribution is 7.09. The molecular formula is C20H26N4O2S. The summed E-state index contributed by atoms with van der Waals surface area (Å²) in [4.78, 5) is 25.6. The molecule has 0 atom stereocenters. The number of anilines is 1. The van der Waals surface area contributed by atoms with Gasteiger partial charge in [-0.05, 0) is 30.0 Å². The van der Waals surface area contributed by atoms with Gasteiger partial charge in [-0.1, -0.05) is 6.07 Å². The molecule has 0 aliphatic carbocycles. The molecule has 4 rings (SSSR count). The van der Waals surface area contributed by atoms with Crippen molar-refractivity contribution in [3.8, 4) is 0 Å². The van der Waals surface area contributed by atoms with Crippen molar-refractivity contribution in [1.82, 2.24) is 14.8 Å². The number of thiophene rings is 1. The third-order valence-electron chi connectivity index (χ3n) is 5.24. The van der Waals surface area contributed by atoms with Gasteiger partial charge in [0.2, 0.25) is 0 Å². The van der Waals surface area contributed by atoms with E-state index in [1.807, 2.05) is 28.4 Å². The molecule has 2 aliphatic rings. The number of nitrogens with zero attached hydrogens (tertiary/aromatic N) is 4. The standard InChI is InChI=1S/C20H26N4O2S/c25-20(18-4-1-6-21-19(18)23-12-14-26-15-13-23)24-10-8-22(9-11-24)7-5-17-3-2-16-27-17/h1-4,6,16H,5,7-15H2. The third kappa shape index (κ3) is 4.48. The van der Waals surface area contributed by atoms with Crippen molar-refractivity contribution in [1.29, 1.82) is 0 Å². The van der Waals surface area contributed by atoms with Crippen molar-refractivity contribution >= 4 is 23.1 Å². The average Bonchev–Trinajstić information content (AvgIpc) is 3.26. The molecule has 2 aromatic heterocycles. The van der Waals surface area contributed by atoms with Crippen LogP contribution in [0.1, 0.15) is 15.2 Å². The van der Waals surface area contributed by atoms with E-state index in [9.17, 15) is 4.79 Å². The summed E-state index contributed by atoms with van der Waals surface area (Å²) in [5, 5.41) is 2.13. The van der Waals surface area contributed by atoms with Crippen molar-refractivity contribution in [3.63, 3.8) is 0 Å². The first-order valence-corrected chi connectivity index (χ1v) is 10.5. The first-order chi connectivity index (χ1) is 13.3. The van der Waals surface area contributed by atoms with Crippen molar-refractivity contribution in [3.05, 3.63) is 46.3 Å². The molecule has 0 bridgehead atoms. The zero-order valence-corrected chi connectivity index (χ0v) is 16.4. The van der Waals surface area contributed by atoms with Gasteiger partial charge in [0.25, 0.3) is 5.91 Å². The average molecular weight is 387 g/mol. The quantitative estimate of drug-likeness (QED) is 0.787. The SMILES string of the molecule is O=C(c1cccnc1N1CCOCC1)N1CCN(CCc2cccs2)CC1. The van der Waals surface area contributed by atoms with Gasteiger partial charge in [0, 0.05) is 56.9 Å². The van der Waals surface area contributed by atoms with Crippen molar-refractivity contribution in [2.75, 3.05) is 63.9 Å². The number of amides is 1. The zero-order valence-electron chi connectivity index (χ0n) is 15.5. The van der Waals surface area contributed by atoms with Crippen LogP contribution in [0.15, 0.2) is 35.8 Å². The Morgan fingerprint density at radius 3 is 2.63 bits per heavy atom. The molecule has 0 radical (unpaired) electrons. The van der Waals surface area contributed by atoms with Crippen LogP contribution in [0.4, 0.5) is 5.82 Å². The molecule has 0 saturated carbocycles. The monoisotopic (exact) mass is 386 g/mol. The topological polar surface area (TPSA) is 48.9 Å². The summed E-state index contributed by atoms with van der Waals surface area (Å²) in [5.41, 5.74) is 0.714. The van der Waals surface area contributed by atoms with Crippen LogP contribution in [0.5, 0.6) is 0 Å². The molecule has 0 unspecified atom stereocenters. The summed E-state index contributed by atoms with van der Waals surface area (Å²) in [6.07, 6.45) is 2.86. The number of piperazine rings is 1. The van der Waals surface area contributed by atoms with E-state index in [1.165, 1.54) is 4.88 Å². The summed E-state index contributed by atoms with van der Waals surface area (Å²) in [7, 11) is 0. The Morgan fingerprint density at radius 2 is 1.89 bits per heavy atom. The Kier molecular flexibility index (Phi) is 6.01. The Balaban J connectivity index is 1.35. The molecule has 2 saturated heterocycles. The van der Waals surface area contributed by atoms with E-state index >= 15 is 0 Å².